The number of ether oxygens (including phenoxy) is 3. The summed E-state index contributed by atoms with van der Waals surface area (Å²) in [5.74, 6) is -3.20. The molecule has 256 valence electrons. The van der Waals surface area contributed by atoms with Crippen LogP contribution in [0.3, 0.4) is 0 Å². The van der Waals surface area contributed by atoms with Gasteiger partial charge >= 0.3 is 18.5 Å². The summed E-state index contributed by atoms with van der Waals surface area (Å²) in [6.07, 6.45) is -5.99. The van der Waals surface area contributed by atoms with Crippen molar-refractivity contribution in [1.82, 2.24) is 0 Å². The molecule has 0 radical (unpaired) electrons. The van der Waals surface area contributed by atoms with E-state index in [1.165, 1.54) is 32.0 Å². The monoisotopic (exact) mass is 676 g/mol. The van der Waals surface area contributed by atoms with E-state index in [1.54, 1.807) is 38.1 Å². The highest BCUT2D eigenvalue weighted by Crippen LogP contribution is 2.42. The standard InChI is InChI=1S/C33H42F6N2O4S/c1-6-7-8-9-20-10-13-24(25(14-20)45-33(37,38)39)27-15-21-11-12-23(16-26(21)46-27)43-18-22(32(34,35)36)19-44-29(42)31(4,5)28(40)17-30(2,3)41/h10-16,22,28H,6-9,17-19,40-41H2,1-5H3. The van der Waals surface area contributed by atoms with Gasteiger partial charge in [0, 0.05) is 26.7 Å². The van der Waals surface area contributed by atoms with Crippen LogP contribution >= 0.6 is 11.3 Å². The van der Waals surface area contributed by atoms with Crippen LogP contribution in [0, 0.1) is 11.3 Å². The van der Waals surface area contributed by atoms with Gasteiger partial charge in [-0.25, -0.2) is 0 Å². The van der Waals surface area contributed by atoms with Crippen molar-refractivity contribution in [1.29, 1.82) is 0 Å². The Morgan fingerprint density at radius 2 is 1.63 bits per heavy atom. The largest absolute Gasteiger partial charge is 0.573 e. The van der Waals surface area contributed by atoms with Gasteiger partial charge in [0.15, 0.2) is 0 Å². The lowest BCUT2D eigenvalue weighted by atomic mass is 9.79. The van der Waals surface area contributed by atoms with Crippen molar-refractivity contribution in [3.8, 4) is 21.9 Å². The SMILES string of the molecule is CCCCCc1ccc(-c2cc3ccc(OCC(COC(=O)C(C)(C)C(N)CC(C)(C)N)C(F)(F)F)cc3s2)c(OC(F)(F)F)c1. The third kappa shape index (κ3) is 10.8. The van der Waals surface area contributed by atoms with Crippen molar-refractivity contribution in [3.05, 3.63) is 48.0 Å². The third-order valence-electron chi connectivity index (χ3n) is 7.63. The summed E-state index contributed by atoms with van der Waals surface area (Å²) in [6.45, 7) is 6.69. The second-order valence-electron chi connectivity index (χ2n) is 12.8. The van der Waals surface area contributed by atoms with E-state index in [4.69, 9.17) is 20.9 Å². The number of hydrogen-bond acceptors (Lipinski definition) is 7. The highest BCUT2D eigenvalue weighted by molar-refractivity contribution is 7.22. The van der Waals surface area contributed by atoms with Crippen LogP contribution in [0.4, 0.5) is 26.3 Å². The summed E-state index contributed by atoms with van der Waals surface area (Å²) in [6, 6.07) is 10.3. The zero-order valence-electron chi connectivity index (χ0n) is 26.6. The van der Waals surface area contributed by atoms with E-state index in [1.807, 2.05) is 6.92 Å². The molecule has 1 aromatic heterocycles. The highest BCUT2D eigenvalue weighted by Gasteiger charge is 2.44. The molecule has 0 amide bonds. The number of esters is 1. The smallest absolute Gasteiger partial charge is 0.493 e. The number of benzene rings is 2. The second kappa shape index (κ2) is 14.8. The van der Waals surface area contributed by atoms with Crippen LogP contribution in [0.2, 0.25) is 0 Å². The summed E-state index contributed by atoms with van der Waals surface area (Å²) in [7, 11) is 0. The Labute approximate surface area is 269 Å². The van der Waals surface area contributed by atoms with Gasteiger partial charge in [-0.2, -0.15) is 13.2 Å². The first-order valence-electron chi connectivity index (χ1n) is 15.0. The van der Waals surface area contributed by atoms with Crippen LogP contribution in [0.5, 0.6) is 11.5 Å². The Bertz CT molecular complexity index is 1460. The molecule has 0 bridgehead atoms. The fourth-order valence-corrected chi connectivity index (χ4v) is 5.84. The Morgan fingerprint density at radius 1 is 0.935 bits per heavy atom. The van der Waals surface area contributed by atoms with Gasteiger partial charge in [-0.15, -0.1) is 24.5 Å². The summed E-state index contributed by atoms with van der Waals surface area (Å²) >= 11 is 1.16. The second-order valence-corrected chi connectivity index (χ2v) is 13.9. The van der Waals surface area contributed by atoms with Gasteiger partial charge in [-0.1, -0.05) is 25.8 Å². The predicted molar refractivity (Wildman–Crippen MR) is 168 cm³/mol. The molecule has 0 spiro atoms. The molecule has 0 saturated heterocycles. The Balaban J connectivity index is 1.76. The number of carbonyl (C=O) groups is 1. The van der Waals surface area contributed by atoms with Gasteiger partial charge in [0.25, 0.3) is 0 Å². The molecule has 0 aliphatic carbocycles. The molecule has 2 aromatic carbocycles. The number of halogens is 6. The first kappa shape index (κ1) is 37.4. The van der Waals surface area contributed by atoms with E-state index in [0.717, 1.165) is 36.2 Å². The molecular weight excluding hydrogens is 634 g/mol. The van der Waals surface area contributed by atoms with Crippen molar-refractivity contribution in [2.45, 2.75) is 90.8 Å². The summed E-state index contributed by atoms with van der Waals surface area (Å²) in [4.78, 5) is 13.2. The molecule has 2 atom stereocenters. The van der Waals surface area contributed by atoms with Crippen molar-refractivity contribution in [2.24, 2.45) is 22.8 Å². The van der Waals surface area contributed by atoms with Gasteiger partial charge in [0.05, 0.1) is 5.41 Å². The molecule has 6 nitrogen and oxygen atoms in total. The average Bonchev–Trinajstić information content (AvgIpc) is 3.33. The number of alkyl halides is 6. The van der Waals surface area contributed by atoms with Gasteiger partial charge in [-0.3, -0.25) is 4.79 Å². The normalized spacial score (nSPS) is 14.3. The number of rotatable bonds is 15. The van der Waals surface area contributed by atoms with E-state index >= 15 is 0 Å². The number of nitrogens with two attached hydrogens (primary N) is 2. The minimum Gasteiger partial charge on any atom is -0.493 e. The summed E-state index contributed by atoms with van der Waals surface area (Å²) in [5.41, 5.74) is 11.1. The van der Waals surface area contributed by atoms with Crippen LogP contribution in [0.15, 0.2) is 42.5 Å². The molecule has 13 heteroatoms. The minimum absolute atomic E-state index is 0.118. The maximum Gasteiger partial charge on any atom is 0.573 e. The number of hydrogen-bond donors (Lipinski definition) is 2. The number of aryl methyl sites for hydroxylation is 1. The maximum absolute atomic E-state index is 13.9. The minimum atomic E-state index is -4.89. The quantitative estimate of drug-likeness (QED) is 0.0949. The van der Waals surface area contributed by atoms with Gasteiger partial charge in [0.1, 0.15) is 30.6 Å². The molecule has 4 N–H and O–H groups in total. The summed E-state index contributed by atoms with van der Waals surface area (Å²) in [5, 5.41) is 0.665. The first-order valence-corrected chi connectivity index (χ1v) is 15.8. The number of unbranched alkanes of at least 4 members (excludes halogenated alkanes) is 2. The fraction of sp³-hybridized carbons (Fsp3) is 0.545. The Morgan fingerprint density at radius 3 is 2.24 bits per heavy atom. The highest BCUT2D eigenvalue weighted by atomic mass is 32.1. The molecule has 3 rings (SSSR count). The molecule has 0 aliphatic heterocycles. The molecule has 0 fully saturated rings. The Kier molecular flexibility index (Phi) is 12.1. The van der Waals surface area contributed by atoms with Gasteiger partial charge < -0.3 is 25.7 Å². The van der Waals surface area contributed by atoms with Gasteiger partial charge in [0.2, 0.25) is 0 Å². The molecule has 2 unspecified atom stereocenters. The number of thiophene rings is 1. The summed E-state index contributed by atoms with van der Waals surface area (Å²) < 4.78 is 96.9. The fourth-order valence-electron chi connectivity index (χ4n) is 4.72. The zero-order valence-corrected chi connectivity index (χ0v) is 27.4. The molecular formula is C33H42F6N2O4S. The lowest BCUT2D eigenvalue weighted by Gasteiger charge is -2.34. The van der Waals surface area contributed by atoms with Crippen LogP contribution in [-0.4, -0.2) is 43.3 Å². The lowest BCUT2D eigenvalue weighted by molar-refractivity contribution is -0.274. The van der Waals surface area contributed by atoms with E-state index in [0.29, 0.717) is 21.4 Å². The van der Waals surface area contributed by atoms with E-state index in [2.05, 4.69) is 4.74 Å². The molecule has 1 heterocycles. The van der Waals surface area contributed by atoms with E-state index in [-0.39, 0.29) is 23.5 Å². The number of carbonyl (C=O) groups excluding carboxylic acids is 1. The van der Waals surface area contributed by atoms with Crippen molar-refractivity contribution >= 4 is 27.4 Å². The molecule has 46 heavy (non-hydrogen) atoms. The van der Waals surface area contributed by atoms with Crippen LogP contribution < -0.4 is 20.9 Å². The first-order chi connectivity index (χ1) is 21.2. The van der Waals surface area contributed by atoms with Crippen molar-refractivity contribution in [3.63, 3.8) is 0 Å². The predicted octanol–water partition coefficient (Wildman–Crippen LogP) is 8.78. The molecule has 0 saturated carbocycles. The third-order valence-corrected chi connectivity index (χ3v) is 8.76. The average molecular weight is 677 g/mol. The Hall–Kier alpha value is -3.03. The van der Waals surface area contributed by atoms with E-state index < -0.39 is 54.6 Å². The van der Waals surface area contributed by atoms with Gasteiger partial charge in [-0.05, 0) is 94.3 Å². The number of fused-ring (bicyclic) bond motifs is 1. The topological polar surface area (TPSA) is 96.8 Å². The van der Waals surface area contributed by atoms with E-state index in [9.17, 15) is 31.1 Å². The lowest BCUT2D eigenvalue weighted by Crippen LogP contribution is -2.50. The molecule has 0 aliphatic rings. The van der Waals surface area contributed by atoms with Crippen LogP contribution in [0.25, 0.3) is 20.5 Å². The van der Waals surface area contributed by atoms with Crippen LogP contribution in [0.1, 0.15) is 65.9 Å². The zero-order chi connectivity index (χ0) is 34.5. The van der Waals surface area contributed by atoms with Crippen LogP contribution in [-0.2, 0) is 16.0 Å². The molecule has 3 aromatic rings. The van der Waals surface area contributed by atoms with Crippen molar-refractivity contribution < 1.29 is 45.3 Å². The maximum atomic E-state index is 13.9. The van der Waals surface area contributed by atoms with Crippen molar-refractivity contribution in [2.75, 3.05) is 13.2 Å².